The molecule has 1 atom stereocenters. The third-order valence-corrected chi connectivity index (χ3v) is 3.17. The predicted octanol–water partition coefficient (Wildman–Crippen LogP) is 0.356. The Balaban J connectivity index is 0.00000112. The number of nitrogens with zero attached hydrogens (tertiary/aromatic N) is 2. The maximum Gasteiger partial charge on any atom is 0.236 e. The third kappa shape index (κ3) is 3.77. The van der Waals surface area contributed by atoms with Crippen LogP contribution in [0.25, 0.3) is 0 Å². The Morgan fingerprint density at radius 3 is 2.69 bits per heavy atom. The highest BCUT2D eigenvalue weighted by molar-refractivity contribution is 5.85. The molecule has 2 fully saturated rings. The first-order chi connectivity index (χ1) is 6.77. The van der Waals surface area contributed by atoms with Crippen molar-refractivity contribution in [2.45, 2.75) is 18.9 Å². The number of hydrogen-bond donors (Lipinski definition) is 1. The van der Waals surface area contributed by atoms with Crippen LogP contribution in [0.1, 0.15) is 12.8 Å². The topological polar surface area (TPSA) is 35.6 Å². The standard InChI is InChI=1S/C10H19N3O.2ClH/c1-12-5-2-3-9(8-12)13-6-4-11-7-10(13)14;;/h9,11H,2-8H2,1H3;2*1H. The summed E-state index contributed by atoms with van der Waals surface area (Å²) >= 11 is 0. The molecule has 4 nitrogen and oxygen atoms in total. The van der Waals surface area contributed by atoms with E-state index in [2.05, 4.69) is 22.2 Å². The zero-order chi connectivity index (χ0) is 9.97. The van der Waals surface area contributed by atoms with Crippen molar-refractivity contribution in [3.8, 4) is 0 Å². The minimum absolute atomic E-state index is 0. The van der Waals surface area contributed by atoms with Gasteiger partial charge in [-0.2, -0.15) is 0 Å². The van der Waals surface area contributed by atoms with Gasteiger partial charge in [0.1, 0.15) is 0 Å². The average Bonchev–Trinajstić information content (AvgIpc) is 2.18. The van der Waals surface area contributed by atoms with Gasteiger partial charge in [0, 0.05) is 25.7 Å². The number of hydrogen-bond acceptors (Lipinski definition) is 3. The number of carbonyl (C=O) groups is 1. The van der Waals surface area contributed by atoms with Gasteiger partial charge >= 0.3 is 0 Å². The van der Waals surface area contributed by atoms with Gasteiger partial charge in [0.05, 0.1) is 6.54 Å². The van der Waals surface area contributed by atoms with Crippen molar-refractivity contribution in [2.24, 2.45) is 0 Å². The Kier molecular flexibility index (Phi) is 7.31. The van der Waals surface area contributed by atoms with Crippen LogP contribution >= 0.6 is 24.8 Å². The molecule has 1 N–H and O–H groups in total. The molecule has 0 radical (unpaired) electrons. The maximum absolute atomic E-state index is 11.6. The monoisotopic (exact) mass is 269 g/mol. The highest BCUT2D eigenvalue weighted by Crippen LogP contribution is 2.15. The second-order valence-corrected chi connectivity index (χ2v) is 4.32. The van der Waals surface area contributed by atoms with Crippen molar-refractivity contribution in [1.82, 2.24) is 15.1 Å². The van der Waals surface area contributed by atoms with Crippen molar-refractivity contribution in [2.75, 3.05) is 39.8 Å². The number of likely N-dealkylation sites (tertiary alicyclic amines) is 1. The number of rotatable bonds is 1. The number of carbonyl (C=O) groups excluding carboxylic acids is 1. The van der Waals surface area contributed by atoms with E-state index in [1.807, 2.05) is 0 Å². The van der Waals surface area contributed by atoms with Gasteiger partial charge in [0.15, 0.2) is 0 Å². The van der Waals surface area contributed by atoms with Gasteiger partial charge in [0.2, 0.25) is 5.91 Å². The first-order valence-electron chi connectivity index (χ1n) is 5.46. The van der Waals surface area contributed by atoms with Crippen molar-refractivity contribution in [3.63, 3.8) is 0 Å². The molecule has 6 heteroatoms. The number of nitrogens with one attached hydrogen (secondary N) is 1. The molecule has 16 heavy (non-hydrogen) atoms. The van der Waals surface area contributed by atoms with E-state index in [1.165, 1.54) is 19.4 Å². The number of piperidine rings is 1. The summed E-state index contributed by atoms with van der Waals surface area (Å²) in [7, 11) is 2.14. The minimum Gasteiger partial charge on any atom is -0.336 e. The molecular formula is C10H21Cl2N3O. The molecule has 2 aliphatic rings. The van der Waals surface area contributed by atoms with Gasteiger partial charge in [-0.05, 0) is 26.4 Å². The van der Waals surface area contributed by atoms with Crippen LogP contribution in [0.4, 0.5) is 0 Å². The van der Waals surface area contributed by atoms with Crippen LogP contribution in [0.3, 0.4) is 0 Å². The Morgan fingerprint density at radius 1 is 1.31 bits per heavy atom. The van der Waals surface area contributed by atoms with Crippen LogP contribution < -0.4 is 5.32 Å². The third-order valence-electron chi connectivity index (χ3n) is 3.17. The molecule has 1 amide bonds. The zero-order valence-electron chi connectivity index (χ0n) is 9.65. The van der Waals surface area contributed by atoms with Crippen LogP contribution in [0.5, 0.6) is 0 Å². The second-order valence-electron chi connectivity index (χ2n) is 4.32. The van der Waals surface area contributed by atoms with E-state index < -0.39 is 0 Å². The summed E-state index contributed by atoms with van der Waals surface area (Å²) < 4.78 is 0. The number of piperazine rings is 1. The molecule has 2 aliphatic heterocycles. The van der Waals surface area contributed by atoms with Crippen molar-refractivity contribution in [1.29, 1.82) is 0 Å². The molecule has 0 saturated carbocycles. The van der Waals surface area contributed by atoms with Crippen LogP contribution in [-0.2, 0) is 4.79 Å². The minimum atomic E-state index is 0. The normalized spacial score (nSPS) is 26.9. The van der Waals surface area contributed by atoms with Gasteiger partial charge in [-0.1, -0.05) is 0 Å². The lowest BCUT2D eigenvalue weighted by molar-refractivity contribution is -0.135. The lowest BCUT2D eigenvalue weighted by Crippen LogP contribution is -2.56. The number of halogens is 2. The molecule has 0 aromatic carbocycles. The summed E-state index contributed by atoms with van der Waals surface area (Å²) in [6.07, 6.45) is 2.40. The molecule has 96 valence electrons. The van der Waals surface area contributed by atoms with Gasteiger partial charge in [-0.15, -0.1) is 24.8 Å². The second kappa shape index (κ2) is 7.33. The highest BCUT2D eigenvalue weighted by Gasteiger charge is 2.28. The molecule has 0 spiro atoms. The van der Waals surface area contributed by atoms with Crippen molar-refractivity contribution < 1.29 is 4.79 Å². The molecule has 2 saturated heterocycles. The SMILES string of the molecule is CN1CCCC(N2CCNCC2=O)C1.Cl.Cl. The molecule has 1 unspecified atom stereocenters. The van der Waals surface area contributed by atoms with E-state index in [4.69, 9.17) is 0 Å². The molecule has 0 aliphatic carbocycles. The fourth-order valence-corrected chi connectivity index (χ4v) is 2.40. The van der Waals surface area contributed by atoms with E-state index in [0.29, 0.717) is 12.6 Å². The molecule has 0 aromatic heterocycles. The van der Waals surface area contributed by atoms with Crippen LogP contribution in [0.15, 0.2) is 0 Å². The summed E-state index contributed by atoms with van der Waals surface area (Å²) in [6, 6.07) is 0.461. The average molecular weight is 270 g/mol. The highest BCUT2D eigenvalue weighted by atomic mass is 35.5. The van der Waals surface area contributed by atoms with Gasteiger partial charge in [0.25, 0.3) is 0 Å². The Hall–Kier alpha value is -0.0300. The molecule has 0 bridgehead atoms. The van der Waals surface area contributed by atoms with E-state index in [1.54, 1.807) is 0 Å². The van der Waals surface area contributed by atoms with Gasteiger partial charge in [-0.25, -0.2) is 0 Å². The zero-order valence-corrected chi connectivity index (χ0v) is 11.3. The Bertz CT molecular complexity index is 228. The summed E-state index contributed by atoms with van der Waals surface area (Å²) in [5, 5.41) is 3.11. The molecule has 2 heterocycles. The number of amides is 1. The quantitative estimate of drug-likeness (QED) is 0.747. The molecule has 2 rings (SSSR count). The fourth-order valence-electron chi connectivity index (χ4n) is 2.40. The summed E-state index contributed by atoms with van der Waals surface area (Å²) in [4.78, 5) is 16.0. The summed E-state index contributed by atoms with van der Waals surface area (Å²) in [5.74, 6) is 0.275. The van der Waals surface area contributed by atoms with Crippen LogP contribution in [-0.4, -0.2) is 61.5 Å². The first kappa shape index (κ1) is 16.0. The lowest BCUT2D eigenvalue weighted by atomic mass is 10.0. The van der Waals surface area contributed by atoms with Gasteiger partial charge in [-0.3, -0.25) is 4.79 Å². The summed E-state index contributed by atoms with van der Waals surface area (Å²) in [5.41, 5.74) is 0. The van der Waals surface area contributed by atoms with E-state index in [0.717, 1.165) is 19.6 Å². The fraction of sp³-hybridized carbons (Fsp3) is 0.900. The molecular weight excluding hydrogens is 249 g/mol. The largest absolute Gasteiger partial charge is 0.336 e. The lowest BCUT2D eigenvalue weighted by Gasteiger charge is -2.39. The number of likely N-dealkylation sites (N-methyl/N-ethyl adjacent to an activating group) is 1. The predicted molar refractivity (Wildman–Crippen MR) is 69.6 cm³/mol. The smallest absolute Gasteiger partial charge is 0.236 e. The first-order valence-corrected chi connectivity index (χ1v) is 5.46. The molecule has 0 aromatic rings. The Labute approximate surface area is 110 Å². The maximum atomic E-state index is 11.6. The van der Waals surface area contributed by atoms with Crippen LogP contribution in [0.2, 0.25) is 0 Å². The Morgan fingerprint density at radius 2 is 2.06 bits per heavy atom. The summed E-state index contributed by atoms with van der Waals surface area (Å²) in [6.45, 7) is 4.59. The van der Waals surface area contributed by atoms with E-state index in [9.17, 15) is 4.79 Å². The van der Waals surface area contributed by atoms with Crippen LogP contribution in [0, 0.1) is 0 Å². The van der Waals surface area contributed by atoms with Crippen molar-refractivity contribution >= 4 is 30.7 Å². The van der Waals surface area contributed by atoms with Gasteiger partial charge < -0.3 is 15.1 Å². The van der Waals surface area contributed by atoms with E-state index in [-0.39, 0.29) is 30.7 Å². The van der Waals surface area contributed by atoms with E-state index >= 15 is 0 Å². The van der Waals surface area contributed by atoms with Crippen molar-refractivity contribution in [3.05, 3.63) is 0 Å².